The number of nitrogens with zero attached hydrogens (tertiary/aromatic N) is 1. The van der Waals surface area contributed by atoms with Gasteiger partial charge >= 0.3 is 0 Å². The fraction of sp³-hybridized carbons (Fsp3) is 0.333. The highest BCUT2D eigenvalue weighted by Gasteiger charge is 2.14. The lowest BCUT2D eigenvalue weighted by molar-refractivity contribution is 0.652. The van der Waals surface area contributed by atoms with E-state index in [4.69, 9.17) is 0 Å². The van der Waals surface area contributed by atoms with E-state index in [9.17, 15) is 0 Å². The smallest absolute Gasteiger partial charge is 0.0457 e. The van der Waals surface area contributed by atoms with Gasteiger partial charge in [0, 0.05) is 28.9 Å². The largest absolute Gasteiger partial charge is 0.344 e. The lowest BCUT2D eigenvalue weighted by Gasteiger charge is -2.26. The Hall–Kier alpha value is -1.32. The SMILES string of the molecule is CNC(C)c1cc(Br)ccc1N(C)c1cc(C)cc(C)c1. The van der Waals surface area contributed by atoms with Crippen molar-refractivity contribution >= 4 is 27.3 Å². The van der Waals surface area contributed by atoms with E-state index in [1.807, 2.05) is 7.05 Å². The average Bonchev–Trinajstić information content (AvgIpc) is 2.44. The van der Waals surface area contributed by atoms with Crippen molar-refractivity contribution in [3.8, 4) is 0 Å². The van der Waals surface area contributed by atoms with Gasteiger partial charge in [0.1, 0.15) is 0 Å². The van der Waals surface area contributed by atoms with Gasteiger partial charge in [-0.2, -0.15) is 0 Å². The van der Waals surface area contributed by atoms with Crippen molar-refractivity contribution in [1.82, 2.24) is 5.32 Å². The van der Waals surface area contributed by atoms with Gasteiger partial charge in [-0.3, -0.25) is 0 Å². The maximum absolute atomic E-state index is 3.58. The summed E-state index contributed by atoms with van der Waals surface area (Å²) in [5.74, 6) is 0. The van der Waals surface area contributed by atoms with E-state index in [0.29, 0.717) is 6.04 Å². The van der Waals surface area contributed by atoms with Crippen LogP contribution in [0.3, 0.4) is 0 Å². The molecule has 0 heterocycles. The maximum atomic E-state index is 3.58. The topological polar surface area (TPSA) is 15.3 Å². The molecular formula is C18H23BrN2. The van der Waals surface area contributed by atoms with Gasteiger partial charge in [-0.15, -0.1) is 0 Å². The van der Waals surface area contributed by atoms with Crippen LogP contribution in [0, 0.1) is 13.8 Å². The molecule has 0 bridgehead atoms. The van der Waals surface area contributed by atoms with Crippen LogP contribution in [0.4, 0.5) is 11.4 Å². The first-order chi connectivity index (χ1) is 9.92. The molecular weight excluding hydrogens is 324 g/mol. The summed E-state index contributed by atoms with van der Waals surface area (Å²) >= 11 is 3.58. The number of hydrogen-bond acceptors (Lipinski definition) is 2. The summed E-state index contributed by atoms with van der Waals surface area (Å²) in [7, 11) is 4.12. The molecule has 2 nitrogen and oxygen atoms in total. The van der Waals surface area contributed by atoms with Crippen LogP contribution < -0.4 is 10.2 Å². The number of rotatable bonds is 4. The fourth-order valence-electron chi connectivity index (χ4n) is 2.62. The highest BCUT2D eigenvalue weighted by Crippen LogP contribution is 2.33. The molecule has 2 aromatic carbocycles. The zero-order chi connectivity index (χ0) is 15.6. The standard InChI is InChI=1S/C18H23BrN2/c1-12-8-13(2)10-16(9-12)21(5)18-7-6-15(19)11-17(18)14(3)20-4/h6-11,14,20H,1-5H3. The molecule has 0 saturated heterocycles. The van der Waals surface area contributed by atoms with Crippen molar-refractivity contribution in [2.45, 2.75) is 26.8 Å². The monoisotopic (exact) mass is 346 g/mol. The van der Waals surface area contributed by atoms with Gasteiger partial charge in [0.2, 0.25) is 0 Å². The average molecular weight is 347 g/mol. The molecule has 0 amide bonds. The Balaban J connectivity index is 2.49. The third-order valence-electron chi connectivity index (χ3n) is 3.84. The van der Waals surface area contributed by atoms with Crippen molar-refractivity contribution in [2.24, 2.45) is 0 Å². The van der Waals surface area contributed by atoms with Gasteiger partial charge in [0.15, 0.2) is 0 Å². The second kappa shape index (κ2) is 6.63. The first-order valence-corrected chi connectivity index (χ1v) is 8.00. The highest BCUT2D eigenvalue weighted by atomic mass is 79.9. The van der Waals surface area contributed by atoms with Crippen LogP contribution in [-0.2, 0) is 0 Å². The summed E-state index contributed by atoms with van der Waals surface area (Å²) in [5.41, 5.74) is 6.31. The Morgan fingerprint density at radius 3 is 2.24 bits per heavy atom. The minimum absolute atomic E-state index is 0.297. The van der Waals surface area contributed by atoms with Crippen LogP contribution in [0.25, 0.3) is 0 Å². The van der Waals surface area contributed by atoms with E-state index in [2.05, 4.69) is 90.4 Å². The number of halogens is 1. The van der Waals surface area contributed by atoms with Gasteiger partial charge in [0.25, 0.3) is 0 Å². The summed E-state index contributed by atoms with van der Waals surface area (Å²) in [6.07, 6.45) is 0. The van der Waals surface area contributed by atoms with Crippen LogP contribution in [0.2, 0.25) is 0 Å². The van der Waals surface area contributed by atoms with Gasteiger partial charge in [-0.25, -0.2) is 0 Å². The molecule has 1 atom stereocenters. The van der Waals surface area contributed by atoms with E-state index in [0.717, 1.165) is 4.47 Å². The Bertz CT molecular complexity index is 617. The summed E-state index contributed by atoms with van der Waals surface area (Å²) in [4.78, 5) is 2.26. The van der Waals surface area contributed by atoms with E-state index < -0.39 is 0 Å². The van der Waals surface area contributed by atoms with E-state index in [1.54, 1.807) is 0 Å². The predicted molar refractivity (Wildman–Crippen MR) is 95.6 cm³/mol. The molecule has 1 N–H and O–H groups in total. The third kappa shape index (κ3) is 3.66. The summed E-state index contributed by atoms with van der Waals surface area (Å²) in [6, 6.07) is 13.4. The van der Waals surface area contributed by atoms with E-state index in [-0.39, 0.29) is 0 Å². The van der Waals surface area contributed by atoms with Crippen molar-refractivity contribution < 1.29 is 0 Å². The molecule has 0 radical (unpaired) electrons. The molecule has 0 spiro atoms. The predicted octanol–water partition coefficient (Wildman–Crippen LogP) is 5.11. The van der Waals surface area contributed by atoms with Crippen molar-refractivity contribution in [3.63, 3.8) is 0 Å². The van der Waals surface area contributed by atoms with Crippen molar-refractivity contribution in [2.75, 3.05) is 19.0 Å². The van der Waals surface area contributed by atoms with Crippen LogP contribution in [0.15, 0.2) is 40.9 Å². The maximum Gasteiger partial charge on any atom is 0.0457 e. The molecule has 0 aliphatic rings. The van der Waals surface area contributed by atoms with Gasteiger partial charge in [-0.05, 0) is 74.8 Å². The van der Waals surface area contributed by atoms with Crippen LogP contribution in [0.5, 0.6) is 0 Å². The highest BCUT2D eigenvalue weighted by molar-refractivity contribution is 9.10. The van der Waals surface area contributed by atoms with Crippen LogP contribution >= 0.6 is 15.9 Å². The van der Waals surface area contributed by atoms with Gasteiger partial charge < -0.3 is 10.2 Å². The van der Waals surface area contributed by atoms with E-state index >= 15 is 0 Å². The Morgan fingerprint density at radius 1 is 1.05 bits per heavy atom. The van der Waals surface area contributed by atoms with E-state index in [1.165, 1.54) is 28.1 Å². The second-order valence-electron chi connectivity index (χ2n) is 5.62. The molecule has 21 heavy (non-hydrogen) atoms. The first-order valence-electron chi connectivity index (χ1n) is 7.21. The third-order valence-corrected chi connectivity index (χ3v) is 4.34. The lowest BCUT2D eigenvalue weighted by Crippen LogP contribution is -2.18. The molecule has 2 rings (SSSR count). The quantitative estimate of drug-likeness (QED) is 0.826. The molecule has 1 unspecified atom stereocenters. The summed E-state index contributed by atoms with van der Waals surface area (Å²) in [6.45, 7) is 6.46. The molecule has 0 fully saturated rings. The van der Waals surface area contributed by atoms with Crippen molar-refractivity contribution in [1.29, 1.82) is 0 Å². The molecule has 0 aliphatic carbocycles. The zero-order valence-corrected chi connectivity index (χ0v) is 15.0. The number of anilines is 2. The lowest BCUT2D eigenvalue weighted by atomic mass is 10.0. The number of aryl methyl sites for hydroxylation is 2. The minimum Gasteiger partial charge on any atom is -0.344 e. The number of hydrogen-bond donors (Lipinski definition) is 1. The molecule has 2 aromatic rings. The van der Waals surface area contributed by atoms with Crippen LogP contribution in [-0.4, -0.2) is 14.1 Å². The normalized spacial score (nSPS) is 12.3. The Labute approximate surface area is 136 Å². The molecule has 0 aromatic heterocycles. The molecule has 112 valence electrons. The zero-order valence-electron chi connectivity index (χ0n) is 13.4. The summed E-state index contributed by atoms with van der Waals surface area (Å²) < 4.78 is 1.11. The minimum atomic E-state index is 0.297. The first kappa shape index (κ1) is 16.1. The van der Waals surface area contributed by atoms with Crippen LogP contribution in [0.1, 0.15) is 29.7 Å². The summed E-state index contributed by atoms with van der Waals surface area (Å²) in [5, 5.41) is 3.33. The number of nitrogens with one attached hydrogen (secondary N) is 1. The van der Waals surface area contributed by atoms with Gasteiger partial charge in [0.05, 0.1) is 0 Å². The van der Waals surface area contributed by atoms with Crippen molar-refractivity contribution in [3.05, 3.63) is 57.6 Å². The molecule has 0 aliphatic heterocycles. The Kier molecular flexibility index (Phi) is 5.07. The Morgan fingerprint density at radius 2 is 1.67 bits per heavy atom. The van der Waals surface area contributed by atoms with Gasteiger partial charge in [-0.1, -0.05) is 22.0 Å². The number of benzene rings is 2. The fourth-order valence-corrected chi connectivity index (χ4v) is 3.00. The molecule has 3 heteroatoms. The second-order valence-corrected chi connectivity index (χ2v) is 6.53. The molecule has 0 saturated carbocycles.